The molecule has 1 aromatic rings. The Balaban J connectivity index is 2.99. The van der Waals surface area contributed by atoms with Gasteiger partial charge in [-0.1, -0.05) is 0 Å². The van der Waals surface area contributed by atoms with Gasteiger partial charge in [0.2, 0.25) is 0 Å². The third-order valence-electron chi connectivity index (χ3n) is 1.72. The summed E-state index contributed by atoms with van der Waals surface area (Å²) in [5.41, 5.74) is 1.66. The van der Waals surface area contributed by atoms with E-state index in [0.29, 0.717) is 0 Å². The van der Waals surface area contributed by atoms with E-state index in [-0.39, 0.29) is 5.41 Å². The van der Waals surface area contributed by atoms with Crippen LogP contribution in [0.4, 0.5) is 0 Å². The van der Waals surface area contributed by atoms with Crippen LogP contribution < -0.4 is 4.46 Å². The average Bonchev–Trinajstić information content (AvgIpc) is 1.86. The van der Waals surface area contributed by atoms with E-state index in [2.05, 4.69) is 61.0 Å². The first-order valence-corrected chi connectivity index (χ1v) is 4.63. The molecule has 11 heavy (non-hydrogen) atoms. The van der Waals surface area contributed by atoms with Crippen molar-refractivity contribution in [2.45, 2.75) is 26.2 Å². The molecule has 0 nitrogen and oxygen atoms in total. The zero-order valence-corrected chi connectivity index (χ0v) is 8.93. The normalized spacial score (nSPS) is 11.5. The van der Waals surface area contributed by atoms with Crippen molar-refractivity contribution >= 4 is 20.5 Å². The van der Waals surface area contributed by atoms with Crippen molar-refractivity contribution in [1.29, 1.82) is 0 Å². The molecule has 1 heteroatoms. The van der Waals surface area contributed by atoms with Crippen molar-refractivity contribution in [2.24, 2.45) is 0 Å². The van der Waals surface area contributed by atoms with E-state index in [4.69, 9.17) is 0 Å². The summed E-state index contributed by atoms with van der Waals surface area (Å²) in [6.07, 6.45) is 0. The maximum atomic E-state index is 2.98. The van der Waals surface area contributed by atoms with E-state index in [1.807, 2.05) is 0 Å². The first kappa shape index (κ1) is 8.83. The minimum atomic E-state index is 0.272. The van der Waals surface area contributed by atoms with E-state index in [9.17, 15) is 0 Å². The molecule has 0 unspecified atom stereocenters. The van der Waals surface area contributed by atoms with Crippen LogP contribution in [0.5, 0.6) is 0 Å². The van der Waals surface area contributed by atoms with Crippen LogP contribution in [0.25, 0.3) is 0 Å². The molecule has 0 amide bonds. The second kappa shape index (κ2) is 3.00. The molecular weight excluding hydrogens is 199 g/mol. The van der Waals surface area contributed by atoms with Crippen LogP contribution in [0.15, 0.2) is 24.3 Å². The van der Waals surface area contributed by atoms with E-state index in [0.717, 1.165) is 0 Å². The van der Waals surface area contributed by atoms with Crippen molar-refractivity contribution in [3.63, 3.8) is 0 Å². The molecule has 0 aliphatic heterocycles. The fraction of sp³-hybridized carbons (Fsp3) is 0.400. The Morgan fingerprint density at radius 3 is 1.82 bits per heavy atom. The molecule has 0 heterocycles. The number of hydrogen-bond donors (Lipinski definition) is 0. The Morgan fingerprint density at radius 1 is 1.00 bits per heavy atom. The van der Waals surface area contributed by atoms with Gasteiger partial charge in [0.15, 0.2) is 0 Å². The summed E-state index contributed by atoms with van der Waals surface area (Å²) < 4.78 is 1.21. The molecule has 0 fully saturated rings. The number of hydrogen-bond acceptors (Lipinski definition) is 0. The topological polar surface area (TPSA) is 0 Å². The van der Waals surface area contributed by atoms with Gasteiger partial charge in [-0.15, -0.1) is 0 Å². The summed E-state index contributed by atoms with van der Waals surface area (Å²) in [7, 11) is 0. The Bertz CT molecular complexity index is 228. The van der Waals surface area contributed by atoms with Crippen molar-refractivity contribution < 1.29 is 0 Å². The van der Waals surface area contributed by atoms with Gasteiger partial charge in [0.05, 0.1) is 0 Å². The van der Waals surface area contributed by atoms with Gasteiger partial charge in [0.1, 0.15) is 0 Å². The monoisotopic (exact) mass is 213 g/mol. The summed E-state index contributed by atoms with van der Waals surface area (Å²) in [4.78, 5) is 0. The van der Waals surface area contributed by atoms with Gasteiger partial charge in [0, 0.05) is 0 Å². The van der Waals surface area contributed by atoms with E-state index in [1.165, 1.54) is 10.0 Å². The maximum absolute atomic E-state index is 2.98. The van der Waals surface area contributed by atoms with Crippen LogP contribution in [0.3, 0.4) is 0 Å². The van der Waals surface area contributed by atoms with Gasteiger partial charge in [-0.2, -0.15) is 0 Å². The fourth-order valence-corrected chi connectivity index (χ4v) is 1.24. The molecule has 0 saturated carbocycles. The molecule has 0 aliphatic rings. The second-order valence-corrected chi connectivity index (χ2v) is 4.76. The summed E-state index contributed by atoms with van der Waals surface area (Å²) in [5, 5.41) is 0. The molecule has 1 rings (SSSR count). The van der Waals surface area contributed by atoms with Crippen molar-refractivity contribution in [2.75, 3.05) is 0 Å². The predicted octanol–water partition coefficient (Wildman–Crippen LogP) is 1.78. The molecule has 0 saturated heterocycles. The van der Waals surface area contributed by atoms with E-state index in [1.54, 1.807) is 0 Å². The first-order chi connectivity index (χ1) is 5.00. The van der Waals surface area contributed by atoms with Crippen LogP contribution in [-0.2, 0) is 5.41 Å². The van der Waals surface area contributed by atoms with Crippen LogP contribution in [0.1, 0.15) is 26.3 Å². The molecule has 0 bridgehead atoms. The summed E-state index contributed by atoms with van der Waals surface area (Å²) in [5.74, 6) is 0. The SMILES string of the molecule is CC(C)(C)c1ccc([Se])cc1. The predicted molar refractivity (Wildman–Crippen MR) is 50.5 cm³/mol. The fourth-order valence-electron chi connectivity index (χ4n) is 0.955. The zero-order valence-electron chi connectivity index (χ0n) is 7.22. The number of rotatable bonds is 0. The Hall–Kier alpha value is -0.261. The molecule has 0 atom stereocenters. The third-order valence-corrected chi connectivity index (χ3v) is 2.29. The second-order valence-electron chi connectivity index (χ2n) is 3.77. The van der Waals surface area contributed by atoms with E-state index >= 15 is 0 Å². The Morgan fingerprint density at radius 2 is 1.45 bits per heavy atom. The van der Waals surface area contributed by atoms with Crippen LogP contribution in [0.2, 0.25) is 0 Å². The van der Waals surface area contributed by atoms with Gasteiger partial charge in [-0.25, -0.2) is 0 Å². The molecule has 0 spiro atoms. The average molecular weight is 212 g/mol. The summed E-state index contributed by atoms with van der Waals surface area (Å²) >= 11 is 2.98. The van der Waals surface area contributed by atoms with E-state index < -0.39 is 0 Å². The zero-order chi connectivity index (χ0) is 8.48. The standard InChI is InChI=1S/C10H13Se/c1-10(2,3)8-4-6-9(11)7-5-8/h4-7H,1-3H3. The van der Waals surface area contributed by atoms with Crippen LogP contribution >= 0.6 is 0 Å². The minimum absolute atomic E-state index is 0.272. The summed E-state index contributed by atoms with van der Waals surface area (Å²) in [6, 6.07) is 8.57. The van der Waals surface area contributed by atoms with Crippen LogP contribution in [0, 0.1) is 0 Å². The van der Waals surface area contributed by atoms with Crippen molar-refractivity contribution in [3.8, 4) is 0 Å². The van der Waals surface area contributed by atoms with Gasteiger partial charge in [0.25, 0.3) is 0 Å². The van der Waals surface area contributed by atoms with Gasteiger partial charge in [-0.3, -0.25) is 0 Å². The first-order valence-electron chi connectivity index (χ1n) is 3.78. The van der Waals surface area contributed by atoms with Gasteiger partial charge < -0.3 is 0 Å². The molecule has 1 aromatic carbocycles. The molecule has 0 aliphatic carbocycles. The molecule has 0 aromatic heterocycles. The molecule has 1 radical (unpaired) electrons. The summed E-state index contributed by atoms with van der Waals surface area (Å²) in [6.45, 7) is 6.67. The molecule has 59 valence electrons. The van der Waals surface area contributed by atoms with Gasteiger partial charge in [-0.05, 0) is 0 Å². The Kier molecular flexibility index (Phi) is 2.41. The number of benzene rings is 1. The Labute approximate surface area is 76.8 Å². The molecular formula is C10H13Se. The van der Waals surface area contributed by atoms with Crippen LogP contribution in [-0.4, -0.2) is 16.0 Å². The van der Waals surface area contributed by atoms with Crippen molar-refractivity contribution in [3.05, 3.63) is 29.8 Å². The van der Waals surface area contributed by atoms with Gasteiger partial charge >= 0.3 is 76.5 Å². The van der Waals surface area contributed by atoms with Crippen molar-refractivity contribution in [1.82, 2.24) is 0 Å². The quantitative estimate of drug-likeness (QED) is 0.575. The third kappa shape index (κ3) is 2.35. The molecule has 0 N–H and O–H groups in total.